The number of anilines is 1. The number of halogens is 2. The van der Waals surface area contributed by atoms with Crippen molar-refractivity contribution >= 4 is 29.0 Å². The Kier molecular flexibility index (Phi) is 5.50. The van der Waals surface area contributed by atoms with Gasteiger partial charge in [0.15, 0.2) is 5.78 Å². The molecule has 0 aliphatic carbocycles. The molecule has 0 spiro atoms. The van der Waals surface area contributed by atoms with Crippen molar-refractivity contribution in [3.8, 4) is 0 Å². The summed E-state index contributed by atoms with van der Waals surface area (Å²) in [6.45, 7) is 3.77. The van der Waals surface area contributed by atoms with Crippen molar-refractivity contribution in [1.29, 1.82) is 0 Å². The first kappa shape index (κ1) is 17.2. The molecule has 0 aliphatic heterocycles. The molecule has 3 nitrogen and oxygen atoms in total. The number of Topliss-reactive ketones (excluding diaryl/α,β-unsaturated/α-hetero) is 1. The summed E-state index contributed by atoms with van der Waals surface area (Å²) in [5.74, 6) is -1.12. The molecule has 0 unspecified atom stereocenters. The summed E-state index contributed by atoms with van der Waals surface area (Å²) >= 11 is 5.65. The van der Waals surface area contributed by atoms with Gasteiger partial charge in [-0.25, -0.2) is 4.39 Å². The van der Waals surface area contributed by atoms with Crippen LogP contribution in [-0.2, 0) is 4.79 Å². The van der Waals surface area contributed by atoms with Crippen LogP contribution in [0, 0.1) is 19.7 Å². The molecule has 0 atom stereocenters. The van der Waals surface area contributed by atoms with Crippen molar-refractivity contribution in [2.75, 3.05) is 5.32 Å². The standard InChI is InChI=1S/C18H17ClFNO2/c1-11-3-4-12(2)14(9-11)17(22)7-8-18(23)21-16-6-5-13(19)10-15(16)20/h3-6,9-10H,7-8H2,1-2H3,(H,21,23). The molecular formula is C18H17ClFNO2. The molecule has 0 bridgehead atoms. The summed E-state index contributed by atoms with van der Waals surface area (Å²) in [5, 5.41) is 2.70. The van der Waals surface area contributed by atoms with E-state index >= 15 is 0 Å². The van der Waals surface area contributed by atoms with Crippen LogP contribution in [0.2, 0.25) is 5.02 Å². The molecule has 23 heavy (non-hydrogen) atoms. The summed E-state index contributed by atoms with van der Waals surface area (Å²) in [4.78, 5) is 24.1. The predicted molar refractivity (Wildman–Crippen MR) is 89.5 cm³/mol. The molecule has 0 saturated carbocycles. The van der Waals surface area contributed by atoms with Crippen LogP contribution in [0.3, 0.4) is 0 Å². The van der Waals surface area contributed by atoms with Crippen LogP contribution in [0.5, 0.6) is 0 Å². The van der Waals surface area contributed by atoms with E-state index in [1.807, 2.05) is 32.0 Å². The topological polar surface area (TPSA) is 46.2 Å². The number of carbonyl (C=O) groups excluding carboxylic acids is 2. The number of aryl methyl sites for hydroxylation is 2. The van der Waals surface area contributed by atoms with Crippen LogP contribution in [-0.4, -0.2) is 11.7 Å². The quantitative estimate of drug-likeness (QED) is 0.806. The van der Waals surface area contributed by atoms with Crippen molar-refractivity contribution in [3.63, 3.8) is 0 Å². The molecule has 1 amide bonds. The highest BCUT2D eigenvalue weighted by molar-refractivity contribution is 6.30. The Hall–Kier alpha value is -2.20. The van der Waals surface area contributed by atoms with Gasteiger partial charge in [0.2, 0.25) is 5.91 Å². The lowest BCUT2D eigenvalue weighted by Crippen LogP contribution is -2.14. The zero-order valence-corrected chi connectivity index (χ0v) is 13.7. The van der Waals surface area contributed by atoms with Gasteiger partial charge in [-0.2, -0.15) is 0 Å². The average molecular weight is 334 g/mol. The summed E-state index contributed by atoms with van der Waals surface area (Å²) in [6.07, 6.45) is 0.0691. The van der Waals surface area contributed by atoms with Crippen LogP contribution in [0.25, 0.3) is 0 Å². The summed E-state index contributed by atoms with van der Waals surface area (Å²) in [7, 11) is 0. The molecule has 0 aromatic heterocycles. The molecule has 0 radical (unpaired) electrons. The highest BCUT2D eigenvalue weighted by Crippen LogP contribution is 2.19. The Morgan fingerprint density at radius 1 is 1.09 bits per heavy atom. The van der Waals surface area contributed by atoms with E-state index in [1.54, 1.807) is 0 Å². The number of hydrogen-bond acceptors (Lipinski definition) is 2. The molecule has 2 aromatic carbocycles. The SMILES string of the molecule is Cc1ccc(C)c(C(=O)CCC(=O)Nc2ccc(Cl)cc2F)c1. The minimum atomic E-state index is -0.605. The highest BCUT2D eigenvalue weighted by Gasteiger charge is 2.13. The van der Waals surface area contributed by atoms with E-state index < -0.39 is 11.7 Å². The lowest BCUT2D eigenvalue weighted by molar-refractivity contribution is -0.116. The zero-order chi connectivity index (χ0) is 17.0. The number of carbonyl (C=O) groups is 2. The van der Waals surface area contributed by atoms with E-state index in [9.17, 15) is 14.0 Å². The second-order valence-electron chi connectivity index (χ2n) is 5.41. The smallest absolute Gasteiger partial charge is 0.224 e. The Morgan fingerprint density at radius 3 is 2.52 bits per heavy atom. The van der Waals surface area contributed by atoms with Crippen LogP contribution >= 0.6 is 11.6 Å². The van der Waals surface area contributed by atoms with Crippen molar-refractivity contribution in [1.82, 2.24) is 0 Å². The van der Waals surface area contributed by atoms with Crippen molar-refractivity contribution < 1.29 is 14.0 Å². The number of ketones is 1. The minimum absolute atomic E-state index is 0.00567. The molecule has 2 rings (SSSR count). The maximum atomic E-state index is 13.6. The van der Waals surface area contributed by atoms with E-state index in [-0.39, 0.29) is 29.3 Å². The third-order valence-electron chi connectivity index (χ3n) is 3.48. The first-order valence-corrected chi connectivity index (χ1v) is 7.60. The largest absolute Gasteiger partial charge is 0.324 e. The van der Waals surface area contributed by atoms with Gasteiger partial charge in [-0.15, -0.1) is 0 Å². The van der Waals surface area contributed by atoms with Gasteiger partial charge < -0.3 is 5.32 Å². The molecule has 2 aromatic rings. The fourth-order valence-electron chi connectivity index (χ4n) is 2.20. The maximum absolute atomic E-state index is 13.6. The molecule has 1 N–H and O–H groups in total. The van der Waals surface area contributed by atoms with Crippen LogP contribution < -0.4 is 5.32 Å². The molecule has 0 fully saturated rings. The fraction of sp³-hybridized carbons (Fsp3) is 0.222. The molecule has 120 valence electrons. The second kappa shape index (κ2) is 7.38. The van der Waals surface area contributed by atoms with Gasteiger partial charge in [-0.05, 0) is 43.7 Å². The van der Waals surface area contributed by atoms with E-state index in [2.05, 4.69) is 5.32 Å². The van der Waals surface area contributed by atoms with E-state index in [1.165, 1.54) is 12.1 Å². The third-order valence-corrected chi connectivity index (χ3v) is 3.71. The average Bonchev–Trinajstić information content (AvgIpc) is 2.50. The number of hydrogen-bond donors (Lipinski definition) is 1. The van der Waals surface area contributed by atoms with E-state index in [0.29, 0.717) is 5.56 Å². The number of rotatable bonds is 5. The lowest BCUT2D eigenvalue weighted by Gasteiger charge is -2.08. The summed E-state index contributed by atoms with van der Waals surface area (Å²) < 4.78 is 13.6. The molecule has 0 heterocycles. The van der Waals surface area contributed by atoms with Gasteiger partial charge in [-0.3, -0.25) is 9.59 Å². The molecule has 0 saturated heterocycles. The van der Waals surface area contributed by atoms with Gasteiger partial charge in [0.1, 0.15) is 5.82 Å². The number of amides is 1. The minimum Gasteiger partial charge on any atom is -0.324 e. The number of benzene rings is 2. The van der Waals surface area contributed by atoms with Crippen LogP contribution in [0.15, 0.2) is 36.4 Å². The van der Waals surface area contributed by atoms with Gasteiger partial charge in [-0.1, -0.05) is 29.3 Å². The number of nitrogens with one attached hydrogen (secondary N) is 1. The molecular weight excluding hydrogens is 317 g/mol. The Labute approximate surface area is 139 Å². The molecule has 5 heteroatoms. The monoisotopic (exact) mass is 333 g/mol. The Morgan fingerprint density at radius 2 is 1.83 bits per heavy atom. The Bertz CT molecular complexity index is 759. The molecule has 0 aliphatic rings. The van der Waals surface area contributed by atoms with Crippen molar-refractivity contribution in [2.24, 2.45) is 0 Å². The first-order valence-electron chi connectivity index (χ1n) is 7.22. The second-order valence-corrected chi connectivity index (χ2v) is 5.85. The van der Waals surface area contributed by atoms with Crippen molar-refractivity contribution in [2.45, 2.75) is 26.7 Å². The zero-order valence-electron chi connectivity index (χ0n) is 13.0. The van der Waals surface area contributed by atoms with Crippen LogP contribution in [0.1, 0.15) is 34.3 Å². The summed E-state index contributed by atoms with van der Waals surface area (Å²) in [6, 6.07) is 9.63. The van der Waals surface area contributed by atoms with Gasteiger partial charge in [0.25, 0.3) is 0 Å². The fourth-order valence-corrected chi connectivity index (χ4v) is 2.36. The van der Waals surface area contributed by atoms with Gasteiger partial charge in [0, 0.05) is 23.4 Å². The van der Waals surface area contributed by atoms with Gasteiger partial charge >= 0.3 is 0 Å². The highest BCUT2D eigenvalue weighted by atomic mass is 35.5. The van der Waals surface area contributed by atoms with Crippen molar-refractivity contribution in [3.05, 3.63) is 63.9 Å². The lowest BCUT2D eigenvalue weighted by atomic mass is 9.99. The van der Waals surface area contributed by atoms with Gasteiger partial charge in [0.05, 0.1) is 5.69 Å². The normalized spacial score (nSPS) is 10.4. The predicted octanol–water partition coefficient (Wildman–Crippen LogP) is 4.70. The first-order chi connectivity index (χ1) is 10.9. The maximum Gasteiger partial charge on any atom is 0.224 e. The van der Waals surface area contributed by atoms with E-state index in [4.69, 9.17) is 11.6 Å². The Balaban J connectivity index is 1.96. The van der Waals surface area contributed by atoms with Crippen LogP contribution in [0.4, 0.5) is 10.1 Å². The summed E-state index contributed by atoms with van der Waals surface area (Å²) in [5.41, 5.74) is 2.55. The third kappa shape index (κ3) is 4.63. The van der Waals surface area contributed by atoms with E-state index in [0.717, 1.165) is 17.2 Å².